The van der Waals surface area contributed by atoms with Crippen LogP contribution in [0.25, 0.3) is 0 Å². The molecule has 0 radical (unpaired) electrons. The maximum Gasteiger partial charge on any atom is 0.311 e. The van der Waals surface area contributed by atoms with Gasteiger partial charge in [0.1, 0.15) is 11.9 Å². The summed E-state index contributed by atoms with van der Waals surface area (Å²) >= 11 is 0. The topological polar surface area (TPSA) is 105 Å². The molecule has 43 heavy (non-hydrogen) atoms. The molecule has 0 aliphatic heterocycles. The van der Waals surface area contributed by atoms with E-state index >= 15 is 0 Å². The number of ether oxygens (including phenoxy) is 2. The summed E-state index contributed by atoms with van der Waals surface area (Å²) in [6.07, 6.45) is 15.4. The third-order valence-electron chi connectivity index (χ3n) is 12.8. The summed E-state index contributed by atoms with van der Waals surface area (Å²) in [5.74, 6) is 5.25. The highest BCUT2D eigenvalue weighted by molar-refractivity contribution is 5.79. The molecule has 0 bridgehead atoms. The predicted molar refractivity (Wildman–Crippen MR) is 173 cm³/mol. The molecule has 4 fully saturated rings. The highest BCUT2D eigenvalue weighted by Crippen LogP contribution is 2.68. The minimum absolute atomic E-state index is 0.0249. The predicted octanol–water partition coefficient (Wildman–Crippen LogP) is 8.57. The highest BCUT2D eigenvalue weighted by atomic mass is 16.5. The SMILES string of the molecule is CC(C)CCCC(C)C1CCC2C3CCC4CC(OC(=O)CCC(=O)Oc5cc(N)cc(N)c5)CCC4(C)C3CCC12C. The molecule has 240 valence electrons. The van der Waals surface area contributed by atoms with Gasteiger partial charge in [-0.2, -0.15) is 0 Å². The fourth-order valence-electron chi connectivity index (χ4n) is 10.7. The number of nitrogen functional groups attached to an aromatic ring is 2. The van der Waals surface area contributed by atoms with Crippen molar-refractivity contribution in [2.75, 3.05) is 11.5 Å². The molecule has 0 heterocycles. The molecular weight excluding hydrogens is 536 g/mol. The largest absolute Gasteiger partial charge is 0.462 e. The van der Waals surface area contributed by atoms with Crippen LogP contribution in [-0.4, -0.2) is 18.0 Å². The van der Waals surface area contributed by atoms with Crippen molar-refractivity contribution in [1.82, 2.24) is 0 Å². The van der Waals surface area contributed by atoms with Gasteiger partial charge in [-0.25, -0.2) is 0 Å². The lowest BCUT2D eigenvalue weighted by molar-refractivity contribution is -0.163. The lowest BCUT2D eigenvalue weighted by atomic mass is 9.44. The standard InChI is InChI=1S/C37H58N2O4/c1-23(2)7-6-8-24(3)31-11-12-32-30-10-9-25-19-28(15-17-36(25,4)33(30)16-18-37(31,32)5)42-34(40)13-14-35(41)43-29-21-26(38)20-27(39)22-29/h20-25,28,30-33H,6-19,38-39H2,1-5H3. The number of carbonyl (C=O) groups excluding carboxylic acids is 2. The zero-order valence-electron chi connectivity index (χ0n) is 27.5. The van der Waals surface area contributed by atoms with E-state index in [2.05, 4.69) is 34.6 Å². The van der Waals surface area contributed by atoms with Crippen LogP contribution in [0.1, 0.15) is 125 Å². The number of anilines is 2. The Hall–Kier alpha value is -2.24. The van der Waals surface area contributed by atoms with Crippen LogP contribution < -0.4 is 16.2 Å². The van der Waals surface area contributed by atoms with E-state index in [4.69, 9.17) is 20.9 Å². The van der Waals surface area contributed by atoms with E-state index in [-0.39, 0.29) is 24.9 Å². The van der Waals surface area contributed by atoms with Gasteiger partial charge in [-0.05, 0) is 116 Å². The molecule has 6 nitrogen and oxygen atoms in total. The Bertz CT molecular complexity index is 1130. The maximum absolute atomic E-state index is 12.7. The molecule has 4 aliphatic rings. The Morgan fingerprint density at radius 3 is 2.23 bits per heavy atom. The Morgan fingerprint density at radius 1 is 0.837 bits per heavy atom. The number of benzene rings is 1. The van der Waals surface area contributed by atoms with Gasteiger partial charge in [-0.3, -0.25) is 9.59 Å². The number of rotatable bonds is 10. The molecule has 0 saturated heterocycles. The molecular formula is C37H58N2O4. The van der Waals surface area contributed by atoms with E-state index in [1.807, 2.05) is 0 Å². The van der Waals surface area contributed by atoms with E-state index in [1.54, 1.807) is 18.2 Å². The summed E-state index contributed by atoms with van der Waals surface area (Å²) in [7, 11) is 0. The van der Waals surface area contributed by atoms with Crippen LogP contribution in [-0.2, 0) is 14.3 Å². The normalized spacial score (nSPS) is 35.9. The zero-order valence-corrected chi connectivity index (χ0v) is 27.5. The van der Waals surface area contributed by atoms with Gasteiger partial charge in [-0.1, -0.05) is 53.9 Å². The summed E-state index contributed by atoms with van der Waals surface area (Å²) in [5, 5.41) is 0. The molecule has 5 rings (SSSR count). The second-order valence-corrected chi connectivity index (χ2v) is 15.9. The Kier molecular flexibility index (Phi) is 9.73. The average molecular weight is 595 g/mol. The monoisotopic (exact) mass is 594 g/mol. The Morgan fingerprint density at radius 2 is 1.51 bits per heavy atom. The number of hydrogen-bond acceptors (Lipinski definition) is 6. The average Bonchev–Trinajstić information content (AvgIpc) is 3.28. The molecule has 4 N–H and O–H groups in total. The van der Waals surface area contributed by atoms with E-state index < -0.39 is 5.97 Å². The minimum Gasteiger partial charge on any atom is -0.462 e. The van der Waals surface area contributed by atoms with Crippen molar-refractivity contribution in [3.8, 4) is 5.75 Å². The fourth-order valence-corrected chi connectivity index (χ4v) is 10.7. The number of esters is 2. The van der Waals surface area contributed by atoms with Crippen molar-refractivity contribution >= 4 is 23.3 Å². The van der Waals surface area contributed by atoms with Gasteiger partial charge in [0.2, 0.25) is 0 Å². The van der Waals surface area contributed by atoms with Gasteiger partial charge in [0.25, 0.3) is 0 Å². The van der Waals surface area contributed by atoms with E-state index in [0.29, 0.717) is 33.9 Å². The number of hydrogen-bond donors (Lipinski definition) is 2. The van der Waals surface area contributed by atoms with Crippen LogP contribution in [0.15, 0.2) is 18.2 Å². The summed E-state index contributed by atoms with van der Waals surface area (Å²) in [6.45, 7) is 12.5. The summed E-state index contributed by atoms with van der Waals surface area (Å²) in [4.78, 5) is 25.0. The lowest BCUT2D eigenvalue weighted by Crippen LogP contribution is -2.54. The smallest absolute Gasteiger partial charge is 0.311 e. The molecule has 1 aromatic carbocycles. The number of carbonyl (C=O) groups is 2. The summed E-state index contributed by atoms with van der Waals surface area (Å²) < 4.78 is 11.3. The lowest BCUT2D eigenvalue weighted by Gasteiger charge is -2.61. The fraction of sp³-hybridized carbons (Fsp3) is 0.784. The Balaban J connectivity index is 1.11. The second-order valence-electron chi connectivity index (χ2n) is 15.9. The van der Waals surface area contributed by atoms with Gasteiger partial charge >= 0.3 is 11.9 Å². The molecule has 0 spiro atoms. The molecule has 9 atom stereocenters. The quantitative estimate of drug-likeness (QED) is 0.160. The van der Waals surface area contributed by atoms with Crippen molar-refractivity contribution in [2.24, 2.45) is 52.3 Å². The first-order chi connectivity index (χ1) is 20.4. The second kappa shape index (κ2) is 13.0. The van der Waals surface area contributed by atoms with Crippen molar-refractivity contribution < 1.29 is 19.1 Å². The van der Waals surface area contributed by atoms with Crippen molar-refractivity contribution in [3.63, 3.8) is 0 Å². The van der Waals surface area contributed by atoms with Gasteiger partial charge in [-0.15, -0.1) is 0 Å². The van der Waals surface area contributed by atoms with Crippen LogP contribution in [0, 0.1) is 52.3 Å². The van der Waals surface area contributed by atoms with Gasteiger partial charge < -0.3 is 20.9 Å². The summed E-state index contributed by atoms with van der Waals surface area (Å²) in [6, 6.07) is 4.70. The van der Waals surface area contributed by atoms with Crippen LogP contribution in [0.3, 0.4) is 0 Å². The van der Waals surface area contributed by atoms with Crippen LogP contribution in [0.2, 0.25) is 0 Å². The zero-order chi connectivity index (χ0) is 30.9. The Labute approximate surface area is 260 Å². The highest BCUT2D eigenvalue weighted by Gasteiger charge is 2.60. The van der Waals surface area contributed by atoms with Crippen LogP contribution in [0.5, 0.6) is 5.75 Å². The number of nitrogens with two attached hydrogens (primary N) is 2. The minimum atomic E-state index is -0.486. The third kappa shape index (κ3) is 6.88. The van der Waals surface area contributed by atoms with Crippen LogP contribution >= 0.6 is 0 Å². The molecule has 1 aromatic rings. The molecule has 0 amide bonds. The molecule has 0 aromatic heterocycles. The molecule has 9 unspecified atom stereocenters. The van der Waals surface area contributed by atoms with Gasteiger partial charge in [0.05, 0.1) is 12.8 Å². The molecule has 6 heteroatoms. The molecule has 4 aliphatic carbocycles. The number of fused-ring (bicyclic) bond motifs is 5. The van der Waals surface area contributed by atoms with E-state index in [1.165, 1.54) is 57.8 Å². The van der Waals surface area contributed by atoms with Gasteiger partial charge in [0.15, 0.2) is 0 Å². The van der Waals surface area contributed by atoms with Crippen molar-refractivity contribution in [2.45, 2.75) is 131 Å². The third-order valence-corrected chi connectivity index (χ3v) is 12.8. The molecule has 4 saturated carbocycles. The first-order valence-electron chi connectivity index (χ1n) is 17.4. The van der Waals surface area contributed by atoms with Gasteiger partial charge in [0, 0.05) is 23.5 Å². The van der Waals surface area contributed by atoms with Crippen LogP contribution in [0.4, 0.5) is 11.4 Å². The van der Waals surface area contributed by atoms with Crippen molar-refractivity contribution in [3.05, 3.63) is 18.2 Å². The van der Waals surface area contributed by atoms with E-state index in [0.717, 1.165) is 54.8 Å². The van der Waals surface area contributed by atoms with E-state index in [9.17, 15) is 9.59 Å². The first kappa shape index (κ1) is 32.2. The van der Waals surface area contributed by atoms with Crippen molar-refractivity contribution in [1.29, 1.82) is 0 Å². The maximum atomic E-state index is 12.7. The first-order valence-corrected chi connectivity index (χ1v) is 17.4. The summed E-state index contributed by atoms with van der Waals surface area (Å²) in [5.41, 5.74) is 13.3.